The van der Waals surface area contributed by atoms with E-state index in [-0.39, 0.29) is 23.4 Å². The first-order chi connectivity index (χ1) is 18.6. The highest BCUT2D eigenvalue weighted by molar-refractivity contribution is 7.92. The van der Waals surface area contributed by atoms with Gasteiger partial charge in [0.1, 0.15) is 18.3 Å². The molecule has 0 radical (unpaired) electrons. The molecule has 0 bridgehead atoms. The summed E-state index contributed by atoms with van der Waals surface area (Å²) in [7, 11) is -4.12. The van der Waals surface area contributed by atoms with E-state index in [2.05, 4.69) is 5.32 Å². The van der Waals surface area contributed by atoms with Crippen LogP contribution < -0.4 is 14.4 Å². The van der Waals surface area contributed by atoms with Gasteiger partial charge in [0.05, 0.1) is 17.2 Å². The number of nitrogens with one attached hydrogen (secondary N) is 1. The number of sulfonamides is 1. The lowest BCUT2D eigenvalue weighted by Gasteiger charge is -2.32. The Morgan fingerprint density at radius 2 is 1.46 bits per heavy atom. The van der Waals surface area contributed by atoms with Crippen LogP contribution in [0.25, 0.3) is 0 Å². The van der Waals surface area contributed by atoms with Gasteiger partial charge in [-0.2, -0.15) is 0 Å². The highest BCUT2D eigenvalue weighted by atomic mass is 32.2. The number of amides is 2. The molecule has 0 aliphatic rings. The standard InChI is InChI=1S/C30H37N3O5S/c1-5-38-27-16-18-28(19-17-27)39(36,37)33(26-14-10-7-11-15-26)22-29(34)32(24(4)30(35)31-23(2)3)21-20-25-12-8-6-9-13-25/h6-19,23-24H,5,20-22H2,1-4H3,(H,31,35). The maximum atomic E-state index is 13.8. The first kappa shape index (κ1) is 29.7. The molecule has 0 saturated heterocycles. The molecule has 1 atom stereocenters. The van der Waals surface area contributed by atoms with E-state index in [1.165, 1.54) is 17.0 Å². The third-order valence-corrected chi connectivity index (χ3v) is 7.92. The van der Waals surface area contributed by atoms with Gasteiger partial charge < -0.3 is 15.0 Å². The number of carbonyl (C=O) groups is 2. The SMILES string of the molecule is CCOc1ccc(S(=O)(=O)N(CC(=O)N(CCc2ccccc2)C(C)C(=O)NC(C)C)c2ccccc2)cc1. The smallest absolute Gasteiger partial charge is 0.264 e. The number of rotatable bonds is 13. The summed E-state index contributed by atoms with van der Waals surface area (Å²) in [6.45, 7) is 7.45. The Bertz CT molecular complexity index is 1310. The van der Waals surface area contributed by atoms with Crippen molar-refractivity contribution in [2.75, 3.05) is 24.0 Å². The van der Waals surface area contributed by atoms with Gasteiger partial charge in [-0.1, -0.05) is 48.5 Å². The number of carbonyl (C=O) groups excluding carboxylic acids is 2. The zero-order valence-electron chi connectivity index (χ0n) is 22.9. The van der Waals surface area contributed by atoms with Crippen molar-refractivity contribution in [1.82, 2.24) is 10.2 Å². The average Bonchev–Trinajstić information content (AvgIpc) is 2.92. The number of anilines is 1. The molecule has 2 amide bonds. The van der Waals surface area contributed by atoms with Gasteiger partial charge in [0.15, 0.2) is 0 Å². The minimum Gasteiger partial charge on any atom is -0.494 e. The van der Waals surface area contributed by atoms with Crippen molar-refractivity contribution in [2.45, 2.75) is 51.1 Å². The van der Waals surface area contributed by atoms with Crippen LogP contribution in [0.1, 0.15) is 33.3 Å². The lowest BCUT2D eigenvalue weighted by molar-refractivity contribution is -0.139. The van der Waals surface area contributed by atoms with E-state index in [1.54, 1.807) is 49.4 Å². The lowest BCUT2D eigenvalue weighted by atomic mass is 10.1. The fraction of sp³-hybridized carbons (Fsp3) is 0.333. The molecule has 3 rings (SSSR count). The highest BCUT2D eigenvalue weighted by Gasteiger charge is 2.32. The maximum Gasteiger partial charge on any atom is 0.264 e. The Morgan fingerprint density at radius 1 is 0.872 bits per heavy atom. The molecule has 1 N–H and O–H groups in total. The zero-order chi connectivity index (χ0) is 28.4. The molecule has 0 heterocycles. The molecule has 3 aromatic rings. The highest BCUT2D eigenvalue weighted by Crippen LogP contribution is 2.25. The van der Waals surface area contributed by atoms with Gasteiger partial charge >= 0.3 is 0 Å². The second-order valence-electron chi connectivity index (χ2n) is 9.41. The van der Waals surface area contributed by atoms with Gasteiger partial charge in [0.25, 0.3) is 10.0 Å². The van der Waals surface area contributed by atoms with Crippen LogP contribution >= 0.6 is 0 Å². The number of para-hydroxylation sites is 1. The molecule has 0 saturated carbocycles. The van der Waals surface area contributed by atoms with Crippen molar-refractivity contribution in [3.63, 3.8) is 0 Å². The van der Waals surface area contributed by atoms with E-state index >= 15 is 0 Å². The predicted octanol–water partition coefficient (Wildman–Crippen LogP) is 4.27. The molecular formula is C30H37N3O5S. The molecule has 208 valence electrons. The lowest BCUT2D eigenvalue weighted by Crippen LogP contribution is -2.53. The molecule has 0 aliphatic heterocycles. The van der Waals surface area contributed by atoms with E-state index in [9.17, 15) is 18.0 Å². The second-order valence-corrected chi connectivity index (χ2v) is 11.3. The summed E-state index contributed by atoms with van der Waals surface area (Å²) in [6.07, 6.45) is 0.517. The summed E-state index contributed by atoms with van der Waals surface area (Å²) < 4.78 is 34.2. The second kappa shape index (κ2) is 13.8. The van der Waals surface area contributed by atoms with Crippen molar-refractivity contribution in [3.8, 4) is 5.75 Å². The number of nitrogens with zero attached hydrogens (tertiary/aromatic N) is 2. The zero-order valence-corrected chi connectivity index (χ0v) is 23.7. The van der Waals surface area contributed by atoms with Gasteiger partial charge in [-0.15, -0.1) is 0 Å². The van der Waals surface area contributed by atoms with E-state index < -0.39 is 28.5 Å². The predicted molar refractivity (Wildman–Crippen MR) is 153 cm³/mol. The molecule has 1 unspecified atom stereocenters. The molecule has 0 aliphatic carbocycles. The molecule has 9 heteroatoms. The molecule has 0 fully saturated rings. The number of ether oxygens (including phenoxy) is 1. The summed E-state index contributed by atoms with van der Waals surface area (Å²) in [5, 5.41) is 2.86. The third kappa shape index (κ3) is 8.07. The summed E-state index contributed by atoms with van der Waals surface area (Å²) in [5.74, 6) is -0.224. The maximum absolute atomic E-state index is 13.8. The minimum absolute atomic E-state index is 0.0315. The average molecular weight is 552 g/mol. The number of benzene rings is 3. The molecule has 0 spiro atoms. The van der Waals surface area contributed by atoms with E-state index in [0.29, 0.717) is 24.5 Å². The summed E-state index contributed by atoms with van der Waals surface area (Å²) in [6, 6.07) is 23.3. The fourth-order valence-corrected chi connectivity index (χ4v) is 5.51. The number of hydrogen-bond donors (Lipinski definition) is 1. The first-order valence-corrected chi connectivity index (χ1v) is 14.5. The topological polar surface area (TPSA) is 96.0 Å². The largest absolute Gasteiger partial charge is 0.494 e. The van der Waals surface area contributed by atoms with Crippen LogP contribution in [-0.4, -0.2) is 56.9 Å². The van der Waals surface area contributed by atoms with Crippen LogP contribution in [0.4, 0.5) is 5.69 Å². The van der Waals surface area contributed by atoms with E-state index in [1.807, 2.05) is 51.1 Å². The van der Waals surface area contributed by atoms with Crippen molar-refractivity contribution in [1.29, 1.82) is 0 Å². The molecule has 39 heavy (non-hydrogen) atoms. The van der Waals surface area contributed by atoms with Crippen LogP contribution in [0.5, 0.6) is 5.75 Å². The van der Waals surface area contributed by atoms with Crippen LogP contribution in [0, 0.1) is 0 Å². The summed E-state index contributed by atoms with van der Waals surface area (Å²) >= 11 is 0. The van der Waals surface area contributed by atoms with Crippen molar-refractivity contribution in [2.24, 2.45) is 0 Å². The van der Waals surface area contributed by atoms with Crippen LogP contribution in [0.3, 0.4) is 0 Å². The Labute approximate surface area is 231 Å². The Kier molecular flexibility index (Phi) is 10.5. The fourth-order valence-electron chi connectivity index (χ4n) is 4.10. The van der Waals surface area contributed by atoms with Gasteiger partial charge in [0, 0.05) is 12.6 Å². The summed E-state index contributed by atoms with van der Waals surface area (Å²) in [4.78, 5) is 28.2. The summed E-state index contributed by atoms with van der Waals surface area (Å²) in [5.41, 5.74) is 1.36. The first-order valence-electron chi connectivity index (χ1n) is 13.1. The van der Waals surface area contributed by atoms with Crippen molar-refractivity contribution < 1.29 is 22.7 Å². The van der Waals surface area contributed by atoms with E-state index in [0.717, 1.165) is 9.87 Å². The van der Waals surface area contributed by atoms with Gasteiger partial charge in [0.2, 0.25) is 11.8 Å². The molecular weight excluding hydrogens is 514 g/mol. The van der Waals surface area contributed by atoms with Crippen LogP contribution in [0.15, 0.2) is 89.8 Å². The Hall–Kier alpha value is -3.85. The monoisotopic (exact) mass is 551 g/mol. The number of hydrogen-bond acceptors (Lipinski definition) is 5. The Morgan fingerprint density at radius 3 is 2.03 bits per heavy atom. The molecule has 0 aromatic heterocycles. The molecule has 8 nitrogen and oxygen atoms in total. The normalized spacial score (nSPS) is 12.0. The minimum atomic E-state index is -4.12. The molecule has 3 aromatic carbocycles. The Balaban J connectivity index is 1.94. The van der Waals surface area contributed by atoms with Crippen molar-refractivity contribution >= 4 is 27.5 Å². The van der Waals surface area contributed by atoms with Gasteiger partial charge in [-0.05, 0) is 76.1 Å². The van der Waals surface area contributed by atoms with Crippen molar-refractivity contribution in [3.05, 3.63) is 90.5 Å². The van der Waals surface area contributed by atoms with Crippen LogP contribution in [0.2, 0.25) is 0 Å². The van der Waals surface area contributed by atoms with E-state index in [4.69, 9.17) is 4.74 Å². The third-order valence-electron chi connectivity index (χ3n) is 6.13. The van der Waals surface area contributed by atoms with Gasteiger partial charge in [-0.25, -0.2) is 8.42 Å². The van der Waals surface area contributed by atoms with Crippen LogP contribution in [-0.2, 0) is 26.0 Å². The van der Waals surface area contributed by atoms with Gasteiger partial charge in [-0.3, -0.25) is 13.9 Å². The quantitative estimate of drug-likeness (QED) is 0.342.